The van der Waals surface area contributed by atoms with Gasteiger partial charge in [-0.2, -0.15) is 0 Å². The topological polar surface area (TPSA) is 75.9 Å². The molecule has 0 aliphatic carbocycles. The molecule has 0 spiro atoms. The van der Waals surface area contributed by atoms with Gasteiger partial charge in [0, 0.05) is 31.7 Å². The molecule has 0 bridgehead atoms. The van der Waals surface area contributed by atoms with Crippen LogP contribution in [0.5, 0.6) is 5.75 Å². The zero-order valence-corrected chi connectivity index (χ0v) is 17.7. The third-order valence-electron chi connectivity index (χ3n) is 5.55. The molecule has 3 aromatic rings. The number of para-hydroxylation sites is 1. The molecule has 160 valence electrons. The molecule has 1 aliphatic heterocycles. The number of piperazine rings is 1. The van der Waals surface area contributed by atoms with Crippen molar-refractivity contribution in [1.29, 1.82) is 0 Å². The number of ether oxygens (including phenoxy) is 1. The molecule has 0 unspecified atom stereocenters. The minimum Gasteiger partial charge on any atom is -0.488 e. The highest BCUT2D eigenvalue weighted by Gasteiger charge is 2.27. The van der Waals surface area contributed by atoms with Crippen molar-refractivity contribution in [3.63, 3.8) is 0 Å². The van der Waals surface area contributed by atoms with E-state index >= 15 is 0 Å². The van der Waals surface area contributed by atoms with Gasteiger partial charge in [0.1, 0.15) is 18.1 Å². The Morgan fingerprint density at radius 3 is 2.16 bits per heavy atom. The average molecular weight is 419 g/mol. The fourth-order valence-electron chi connectivity index (χ4n) is 3.67. The van der Waals surface area contributed by atoms with Gasteiger partial charge in [-0.3, -0.25) is 9.59 Å². The van der Waals surface area contributed by atoms with Crippen LogP contribution in [0.25, 0.3) is 0 Å². The highest BCUT2D eigenvalue weighted by molar-refractivity contribution is 5.97. The summed E-state index contributed by atoms with van der Waals surface area (Å²) in [5.41, 5.74) is 2.84. The van der Waals surface area contributed by atoms with Crippen molar-refractivity contribution < 1.29 is 18.8 Å². The Kier molecular flexibility index (Phi) is 6.02. The van der Waals surface area contributed by atoms with Crippen molar-refractivity contribution in [3.8, 4) is 5.75 Å². The Hall–Kier alpha value is -3.61. The minimum absolute atomic E-state index is 0.00380. The van der Waals surface area contributed by atoms with Crippen molar-refractivity contribution >= 4 is 11.8 Å². The molecule has 7 nitrogen and oxygen atoms in total. The van der Waals surface area contributed by atoms with E-state index in [2.05, 4.69) is 5.16 Å². The van der Waals surface area contributed by atoms with Crippen LogP contribution in [0, 0.1) is 13.8 Å². The fourth-order valence-corrected chi connectivity index (χ4v) is 3.67. The summed E-state index contributed by atoms with van der Waals surface area (Å²) in [4.78, 5) is 29.4. The zero-order chi connectivity index (χ0) is 21.8. The number of carbonyl (C=O) groups is 2. The van der Waals surface area contributed by atoms with E-state index in [4.69, 9.17) is 9.26 Å². The predicted molar refractivity (Wildman–Crippen MR) is 115 cm³/mol. The van der Waals surface area contributed by atoms with Crippen LogP contribution in [0.3, 0.4) is 0 Å². The molecule has 31 heavy (non-hydrogen) atoms. The lowest BCUT2D eigenvalue weighted by molar-refractivity contribution is 0.0533. The molecule has 0 N–H and O–H groups in total. The van der Waals surface area contributed by atoms with Crippen LogP contribution in [0.4, 0.5) is 0 Å². The van der Waals surface area contributed by atoms with Gasteiger partial charge in [0.15, 0.2) is 0 Å². The molecule has 1 saturated heterocycles. The van der Waals surface area contributed by atoms with Gasteiger partial charge in [0.05, 0.1) is 16.8 Å². The molecule has 4 rings (SSSR count). The summed E-state index contributed by atoms with van der Waals surface area (Å²) >= 11 is 0. The summed E-state index contributed by atoms with van der Waals surface area (Å²) in [6, 6.07) is 16.4. The maximum atomic E-state index is 13.2. The standard InChI is InChI=1S/C24H25N3O4/c1-17-21(18(2)31-25-17)16-30-22-11-7-6-10-20(22)24(29)27-14-12-26(13-15-27)23(28)19-8-4-3-5-9-19/h3-11H,12-16H2,1-2H3. The number of amides is 2. The van der Waals surface area contributed by atoms with Crippen molar-refractivity contribution in [2.45, 2.75) is 20.5 Å². The molecule has 2 aromatic carbocycles. The zero-order valence-electron chi connectivity index (χ0n) is 17.7. The fraction of sp³-hybridized carbons (Fsp3) is 0.292. The monoisotopic (exact) mass is 419 g/mol. The van der Waals surface area contributed by atoms with Crippen molar-refractivity contribution in [3.05, 3.63) is 82.7 Å². The SMILES string of the molecule is Cc1noc(C)c1COc1ccccc1C(=O)N1CCN(C(=O)c2ccccc2)CC1. The highest BCUT2D eigenvalue weighted by Crippen LogP contribution is 2.23. The van der Waals surface area contributed by atoms with E-state index in [0.29, 0.717) is 48.8 Å². The summed E-state index contributed by atoms with van der Waals surface area (Å²) in [5, 5.41) is 3.94. The summed E-state index contributed by atoms with van der Waals surface area (Å²) in [5.74, 6) is 1.13. The number of carbonyl (C=O) groups excluding carboxylic acids is 2. The van der Waals surface area contributed by atoms with E-state index in [1.807, 2.05) is 56.3 Å². The molecule has 1 fully saturated rings. The van der Waals surface area contributed by atoms with Gasteiger partial charge >= 0.3 is 0 Å². The number of hydrogen-bond donors (Lipinski definition) is 0. The predicted octanol–water partition coefficient (Wildman–Crippen LogP) is 3.47. The summed E-state index contributed by atoms with van der Waals surface area (Å²) in [7, 11) is 0. The number of benzene rings is 2. The third-order valence-corrected chi connectivity index (χ3v) is 5.55. The van der Waals surface area contributed by atoms with Gasteiger partial charge in [-0.25, -0.2) is 0 Å². The first-order valence-electron chi connectivity index (χ1n) is 10.3. The number of rotatable bonds is 5. The van der Waals surface area contributed by atoms with Gasteiger partial charge in [0.2, 0.25) is 0 Å². The average Bonchev–Trinajstić information content (AvgIpc) is 3.14. The van der Waals surface area contributed by atoms with E-state index in [-0.39, 0.29) is 18.4 Å². The molecule has 0 radical (unpaired) electrons. The molecular weight excluding hydrogens is 394 g/mol. The molecular formula is C24H25N3O4. The Morgan fingerprint density at radius 1 is 0.903 bits per heavy atom. The van der Waals surface area contributed by atoms with Crippen LogP contribution >= 0.6 is 0 Å². The van der Waals surface area contributed by atoms with E-state index < -0.39 is 0 Å². The highest BCUT2D eigenvalue weighted by atomic mass is 16.5. The quantitative estimate of drug-likeness (QED) is 0.633. The molecule has 1 aliphatic rings. The van der Waals surface area contributed by atoms with Gasteiger partial charge in [-0.05, 0) is 38.1 Å². The molecule has 7 heteroatoms. The minimum atomic E-state index is -0.0961. The second-order valence-corrected chi connectivity index (χ2v) is 7.54. The summed E-state index contributed by atoms with van der Waals surface area (Å²) in [6.45, 7) is 5.95. The number of nitrogens with zero attached hydrogens (tertiary/aromatic N) is 3. The number of hydrogen-bond acceptors (Lipinski definition) is 5. The van der Waals surface area contributed by atoms with Crippen molar-refractivity contribution in [1.82, 2.24) is 15.0 Å². The first kappa shape index (κ1) is 20.7. The lowest BCUT2D eigenvalue weighted by Gasteiger charge is -2.35. The Balaban J connectivity index is 1.41. The number of aromatic nitrogens is 1. The third kappa shape index (κ3) is 4.45. The largest absolute Gasteiger partial charge is 0.488 e. The first-order chi connectivity index (χ1) is 15.0. The lowest BCUT2D eigenvalue weighted by atomic mass is 10.1. The maximum Gasteiger partial charge on any atom is 0.257 e. The van der Waals surface area contributed by atoms with Gasteiger partial charge < -0.3 is 19.1 Å². The summed E-state index contributed by atoms with van der Waals surface area (Å²) < 4.78 is 11.1. The molecule has 1 aromatic heterocycles. The maximum absolute atomic E-state index is 13.2. The van der Waals surface area contributed by atoms with Crippen LogP contribution < -0.4 is 4.74 Å². The van der Waals surface area contributed by atoms with Gasteiger partial charge in [-0.15, -0.1) is 0 Å². The smallest absolute Gasteiger partial charge is 0.257 e. The normalized spacial score (nSPS) is 13.9. The van der Waals surface area contributed by atoms with E-state index in [1.54, 1.807) is 21.9 Å². The Labute approximate surface area is 181 Å². The Bertz CT molecular complexity index is 1050. The first-order valence-corrected chi connectivity index (χ1v) is 10.3. The van der Waals surface area contributed by atoms with Crippen LogP contribution in [0.1, 0.15) is 37.7 Å². The second-order valence-electron chi connectivity index (χ2n) is 7.54. The van der Waals surface area contributed by atoms with Crippen LogP contribution in [0.2, 0.25) is 0 Å². The van der Waals surface area contributed by atoms with Crippen molar-refractivity contribution in [2.75, 3.05) is 26.2 Å². The lowest BCUT2D eigenvalue weighted by Crippen LogP contribution is -2.50. The number of aryl methyl sites for hydroxylation is 2. The van der Waals surface area contributed by atoms with E-state index in [0.717, 1.165) is 11.3 Å². The van der Waals surface area contributed by atoms with Crippen LogP contribution in [-0.2, 0) is 6.61 Å². The van der Waals surface area contributed by atoms with Gasteiger partial charge in [-0.1, -0.05) is 35.5 Å². The van der Waals surface area contributed by atoms with E-state index in [9.17, 15) is 9.59 Å². The van der Waals surface area contributed by atoms with Gasteiger partial charge in [0.25, 0.3) is 11.8 Å². The van der Waals surface area contributed by atoms with Crippen LogP contribution in [-0.4, -0.2) is 52.9 Å². The molecule has 0 atom stereocenters. The second kappa shape index (κ2) is 9.04. The van der Waals surface area contributed by atoms with Crippen LogP contribution in [0.15, 0.2) is 59.1 Å². The van der Waals surface area contributed by atoms with E-state index in [1.165, 1.54) is 0 Å². The summed E-state index contributed by atoms with van der Waals surface area (Å²) in [6.07, 6.45) is 0. The molecule has 2 amide bonds. The Morgan fingerprint density at radius 2 is 1.52 bits per heavy atom. The molecule has 0 saturated carbocycles. The van der Waals surface area contributed by atoms with Crippen molar-refractivity contribution in [2.24, 2.45) is 0 Å². The molecule has 2 heterocycles.